The van der Waals surface area contributed by atoms with Gasteiger partial charge in [-0.25, -0.2) is 13.1 Å². The second-order valence-corrected chi connectivity index (χ2v) is 6.01. The van der Waals surface area contributed by atoms with Crippen molar-refractivity contribution in [1.82, 2.24) is 10.0 Å². The highest BCUT2D eigenvalue weighted by atomic mass is 32.2. The molecule has 1 heterocycles. The van der Waals surface area contributed by atoms with Gasteiger partial charge in [0.1, 0.15) is 0 Å². The number of hydrogen-bond acceptors (Lipinski definition) is 5. The van der Waals surface area contributed by atoms with Crippen molar-refractivity contribution in [2.45, 2.75) is 17.0 Å². The predicted molar refractivity (Wildman–Crippen MR) is 68.9 cm³/mol. The number of hydrogen-bond donors (Lipinski definition) is 2. The second kappa shape index (κ2) is 5.67. The minimum absolute atomic E-state index is 0.0910. The molecule has 2 rings (SSSR count). The van der Waals surface area contributed by atoms with Gasteiger partial charge in [0, 0.05) is 20.2 Å². The van der Waals surface area contributed by atoms with Crippen LogP contribution in [0.2, 0.25) is 0 Å². The van der Waals surface area contributed by atoms with Crippen molar-refractivity contribution in [3.63, 3.8) is 0 Å². The highest BCUT2D eigenvalue weighted by Crippen LogP contribution is 2.13. The third kappa shape index (κ3) is 3.11. The lowest BCUT2D eigenvalue weighted by Crippen LogP contribution is -2.43. The fourth-order valence-corrected chi connectivity index (χ4v) is 3.33. The molecule has 1 aliphatic rings. The largest absolute Gasteiger partial charge is 0.378 e. The van der Waals surface area contributed by atoms with Crippen LogP contribution >= 0.6 is 0 Å². The molecule has 0 saturated carbocycles. The first-order valence-electron chi connectivity index (χ1n) is 5.83. The summed E-state index contributed by atoms with van der Waals surface area (Å²) in [5, 5.41) is 11.9. The van der Waals surface area contributed by atoms with Crippen LogP contribution in [-0.2, 0) is 14.8 Å². The molecule has 2 N–H and O–H groups in total. The van der Waals surface area contributed by atoms with Gasteiger partial charge in [0.05, 0.1) is 28.7 Å². The van der Waals surface area contributed by atoms with Crippen molar-refractivity contribution < 1.29 is 13.2 Å². The topological polar surface area (TPSA) is 91.2 Å². The number of nitrogens with one attached hydrogen (secondary N) is 2. The third-order valence-corrected chi connectivity index (χ3v) is 4.53. The molecule has 0 aromatic heterocycles. The summed E-state index contributed by atoms with van der Waals surface area (Å²) in [5.41, 5.74) is 0.315. The summed E-state index contributed by atoms with van der Waals surface area (Å²) in [5.74, 6) is 0. The Kier molecular flexibility index (Phi) is 4.17. The standard InChI is InChI=1S/C12H15N3O3S/c1-18-12-8-14-7-11(12)15-19(16,17)10-4-2-3-9(5-10)6-13/h2-5,11-12,14-15H,7-8H2,1H3/t11?,12-/m0/s1. The molecule has 0 bridgehead atoms. The molecule has 1 saturated heterocycles. The van der Waals surface area contributed by atoms with Gasteiger partial charge in [-0.05, 0) is 18.2 Å². The van der Waals surface area contributed by atoms with Gasteiger partial charge in [-0.15, -0.1) is 0 Å². The summed E-state index contributed by atoms with van der Waals surface area (Å²) in [6.45, 7) is 1.14. The van der Waals surface area contributed by atoms with E-state index >= 15 is 0 Å². The lowest BCUT2D eigenvalue weighted by atomic mass is 10.2. The first-order valence-corrected chi connectivity index (χ1v) is 7.31. The average molecular weight is 281 g/mol. The summed E-state index contributed by atoms with van der Waals surface area (Å²) >= 11 is 0. The van der Waals surface area contributed by atoms with Crippen molar-refractivity contribution in [2.75, 3.05) is 20.2 Å². The van der Waals surface area contributed by atoms with E-state index in [0.717, 1.165) is 0 Å². The Morgan fingerprint density at radius 2 is 2.26 bits per heavy atom. The van der Waals surface area contributed by atoms with Crippen LogP contribution in [0, 0.1) is 11.3 Å². The molecule has 6 nitrogen and oxygen atoms in total. The number of benzene rings is 1. The van der Waals surface area contributed by atoms with Gasteiger partial charge in [-0.3, -0.25) is 0 Å². The Morgan fingerprint density at radius 3 is 2.95 bits per heavy atom. The second-order valence-electron chi connectivity index (χ2n) is 4.30. The van der Waals surface area contributed by atoms with Gasteiger partial charge in [0.25, 0.3) is 0 Å². The zero-order chi connectivity index (χ0) is 13.9. The van der Waals surface area contributed by atoms with E-state index in [1.807, 2.05) is 6.07 Å². The van der Waals surface area contributed by atoms with Crippen LogP contribution in [0.15, 0.2) is 29.2 Å². The maximum Gasteiger partial charge on any atom is 0.240 e. The minimum Gasteiger partial charge on any atom is -0.378 e. The van der Waals surface area contributed by atoms with Crippen LogP contribution in [0.4, 0.5) is 0 Å². The van der Waals surface area contributed by atoms with E-state index in [9.17, 15) is 8.42 Å². The maximum absolute atomic E-state index is 12.2. The van der Waals surface area contributed by atoms with Gasteiger partial charge >= 0.3 is 0 Å². The molecule has 0 spiro atoms. The van der Waals surface area contributed by atoms with Crippen LogP contribution in [0.5, 0.6) is 0 Å². The van der Waals surface area contributed by atoms with Crippen LogP contribution in [0.3, 0.4) is 0 Å². The fourth-order valence-electron chi connectivity index (χ4n) is 2.02. The predicted octanol–water partition coefficient (Wildman–Crippen LogP) is -0.177. The molecule has 1 aromatic carbocycles. The zero-order valence-corrected chi connectivity index (χ0v) is 11.3. The number of rotatable bonds is 4. The zero-order valence-electron chi connectivity index (χ0n) is 10.5. The Balaban J connectivity index is 2.20. The molecular weight excluding hydrogens is 266 g/mol. The molecule has 1 aromatic rings. The highest BCUT2D eigenvalue weighted by Gasteiger charge is 2.31. The molecule has 1 fully saturated rings. The fraction of sp³-hybridized carbons (Fsp3) is 0.417. The van der Waals surface area contributed by atoms with E-state index < -0.39 is 10.0 Å². The van der Waals surface area contributed by atoms with E-state index in [1.54, 1.807) is 19.2 Å². The number of ether oxygens (including phenoxy) is 1. The maximum atomic E-state index is 12.2. The summed E-state index contributed by atoms with van der Waals surface area (Å²) < 4.78 is 32.2. The molecule has 1 aliphatic heterocycles. The molecule has 0 radical (unpaired) electrons. The van der Waals surface area contributed by atoms with Gasteiger partial charge in [-0.1, -0.05) is 6.07 Å². The highest BCUT2D eigenvalue weighted by molar-refractivity contribution is 7.89. The Hall–Kier alpha value is -1.46. The van der Waals surface area contributed by atoms with E-state index in [4.69, 9.17) is 10.00 Å². The molecule has 102 valence electrons. The minimum atomic E-state index is -3.64. The van der Waals surface area contributed by atoms with Crippen LogP contribution < -0.4 is 10.0 Å². The quantitative estimate of drug-likeness (QED) is 0.799. The van der Waals surface area contributed by atoms with Crippen LogP contribution in [0.1, 0.15) is 5.56 Å². The lowest BCUT2D eigenvalue weighted by molar-refractivity contribution is 0.103. The molecule has 1 unspecified atom stereocenters. The van der Waals surface area contributed by atoms with Gasteiger partial charge in [-0.2, -0.15) is 5.26 Å². The smallest absolute Gasteiger partial charge is 0.240 e. The van der Waals surface area contributed by atoms with E-state index in [1.165, 1.54) is 12.1 Å². The Labute approximate surface area is 112 Å². The van der Waals surface area contributed by atoms with E-state index in [-0.39, 0.29) is 17.0 Å². The molecule has 2 atom stereocenters. The number of nitrogens with zero attached hydrogens (tertiary/aromatic N) is 1. The van der Waals surface area contributed by atoms with Gasteiger partial charge in [0.15, 0.2) is 0 Å². The van der Waals surface area contributed by atoms with Crippen molar-refractivity contribution >= 4 is 10.0 Å². The summed E-state index contributed by atoms with van der Waals surface area (Å²) in [6, 6.07) is 7.55. The molecular formula is C12H15N3O3S. The average Bonchev–Trinajstić information content (AvgIpc) is 2.85. The number of methoxy groups -OCH3 is 1. The molecule has 0 amide bonds. The Morgan fingerprint density at radius 1 is 1.47 bits per heavy atom. The molecule has 19 heavy (non-hydrogen) atoms. The van der Waals surface area contributed by atoms with Gasteiger partial charge in [0.2, 0.25) is 10.0 Å². The first kappa shape index (κ1) is 14.0. The van der Waals surface area contributed by atoms with Crippen LogP contribution in [0.25, 0.3) is 0 Å². The summed E-state index contributed by atoms with van der Waals surface area (Å²) in [7, 11) is -2.09. The number of sulfonamides is 1. The monoisotopic (exact) mass is 281 g/mol. The van der Waals surface area contributed by atoms with Gasteiger partial charge < -0.3 is 10.1 Å². The number of nitriles is 1. The van der Waals surface area contributed by atoms with Crippen molar-refractivity contribution in [1.29, 1.82) is 5.26 Å². The van der Waals surface area contributed by atoms with Crippen molar-refractivity contribution in [3.8, 4) is 6.07 Å². The van der Waals surface area contributed by atoms with E-state index in [0.29, 0.717) is 18.7 Å². The van der Waals surface area contributed by atoms with Crippen molar-refractivity contribution in [3.05, 3.63) is 29.8 Å². The third-order valence-electron chi connectivity index (χ3n) is 3.04. The van der Waals surface area contributed by atoms with E-state index in [2.05, 4.69) is 10.0 Å². The van der Waals surface area contributed by atoms with Crippen LogP contribution in [-0.4, -0.2) is 40.8 Å². The Bertz CT molecular complexity index is 594. The molecule has 0 aliphatic carbocycles. The lowest BCUT2D eigenvalue weighted by Gasteiger charge is -2.18. The molecule has 7 heteroatoms. The first-order chi connectivity index (χ1) is 9.06. The summed E-state index contributed by atoms with van der Waals surface area (Å²) in [4.78, 5) is 0.0910. The van der Waals surface area contributed by atoms with Crippen molar-refractivity contribution in [2.24, 2.45) is 0 Å². The normalized spacial score (nSPS) is 23.2. The summed E-state index contributed by atoms with van der Waals surface area (Å²) in [6.07, 6.45) is -0.186. The SMILES string of the molecule is CO[C@H]1CNCC1NS(=O)(=O)c1cccc(C#N)c1.